The molecule has 0 heterocycles. The summed E-state index contributed by atoms with van der Waals surface area (Å²) in [5, 5.41) is 0.656. The van der Waals surface area contributed by atoms with E-state index in [-0.39, 0.29) is 0 Å². The quantitative estimate of drug-likeness (QED) is 0.814. The predicted molar refractivity (Wildman–Crippen MR) is 83.8 cm³/mol. The molecule has 0 fully saturated rings. The first kappa shape index (κ1) is 15.2. The molecule has 0 spiro atoms. The zero-order valence-electron chi connectivity index (χ0n) is 11.1. The summed E-state index contributed by atoms with van der Waals surface area (Å²) in [7, 11) is 6.19. The summed E-state index contributed by atoms with van der Waals surface area (Å²) < 4.78 is 0. The van der Waals surface area contributed by atoms with Gasteiger partial charge in [-0.05, 0) is 45.3 Å². The summed E-state index contributed by atoms with van der Waals surface area (Å²) in [6, 6.07) is 5.65. The van der Waals surface area contributed by atoms with Gasteiger partial charge in [-0.1, -0.05) is 23.8 Å². The molecule has 18 heavy (non-hydrogen) atoms. The smallest absolute Gasteiger partial charge is 0.106 e. The van der Waals surface area contributed by atoms with E-state index >= 15 is 0 Å². The Balaban J connectivity index is 2.78. The van der Waals surface area contributed by atoms with Crippen LogP contribution in [0.25, 0.3) is 0 Å². The summed E-state index contributed by atoms with van der Waals surface area (Å²) in [6.45, 7) is 2.01. The molecular weight excluding hydrogens is 266 g/mol. The van der Waals surface area contributed by atoms with Gasteiger partial charge in [0, 0.05) is 29.9 Å². The first-order valence-electron chi connectivity index (χ1n) is 5.87. The first-order valence-corrected chi connectivity index (χ1v) is 6.65. The van der Waals surface area contributed by atoms with Crippen LogP contribution in [0.3, 0.4) is 0 Å². The number of nitrogens with zero attached hydrogens (tertiary/aromatic N) is 2. The van der Waals surface area contributed by atoms with Gasteiger partial charge in [-0.15, -0.1) is 0 Å². The number of rotatable bonds is 6. The van der Waals surface area contributed by atoms with Crippen molar-refractivity contribution >= 4 is 34.5 Å². The van der Waals surface area contributed by atoms with Crippen molar-refractivity contribution in [3.63, 3.8) is 0 Å². The average Bonchev–Trinajstić information content (AvgIpc) is 2.28. The van der Waals surface area contributed by atoms with Crippen LogP contribution < -0.4 is 10.6 Å². The van der Waals surface area contributed by atoms with Gasteiger partial charge < -0.3 is 15.5 Å². The summed E-state index contributed by atoms with van der Waals surface area (Å²) in [6.07, 6.45) is 1.09. The zero-order chi connectivity index (χ0) is 13.7. The number of hydrogen-bond acceptors (Lipinski definition) is 3. The Kier molecular flexibility index (Phi) is 5.85. The summed E-state index contributed by atoms with van der Waals surface area (Å²) in [4.78, 5) is 4.71. The molecule has 5 heteroatoms. The zero-order valence-corrected chi connectivity index (χ0v) is 12.7. The lowest BCUT2D eigenvalue weighted by Crippen LogP contribution is -2.25. The lowest BCUT2D eigenvalue weighted by molar-refractivity contribution is 0.401. The van der Waals surface area contributed by atoms with Crippen LogP contribution in [-0.2, 0) is 0 Å². The summed E-state index contributed by atoms with van der Waals surface area (Å²) in [5.41, 5.74) is 7.61. The average molecular weight is 286 g/mol. The molecule has 0 aliphatic carbocycles. The van der Waals surface area contributed by atoms with E-state index in [0.717, 1.165) is 30.8 Å². The van der Waals surface area contributed by atoms with E-state index in [4.69, 9.17) is 29.6 Å². The van der Waals surface area contributed by atoms with Crippen LogP contribution in [0.1, 0.15) is 12.0 Å². The van der Waals surface area contributed by atoms with E-state index < -0.39 is 0 Å². The number of hydrogen-bond donors (Lipinski definition) is 1. The highest BCUT2D eigenvalue weighted by atomic mass is 35.5. The van der Waals surface area contributed by atoms with Crippen LogP contribution >= 0.6 is 23.8 Å². The maximum atomic E-state index is 5.97. The normalized spacial score (nSPS) is 10.7. The number of nitrogens with two attached hydrogens (primary N) is 1. The van der Waals surface area contributed by atoms with Crippen molar-refractivity contribution in [1.29, 1.82) is 0 Å². The molecule has 0 unspecified atom stereocenters. The van der Waals surface area contributed by atoms with Crippen molar-refractivity contribution in [2.24, 2.45) is 5.73 Å². The van der Waals surface area contributed by atoms with Crippen LogP contribution in [-0.4, -0.2) is 44.1 Å². The second kappa shape index (κ2) is 6.92. The Labute approximate surface area is 120 Å². The van der Waals surface area contributed by atoms with Crippen molar-refractivity contribution in [3.05, 3.63) is 28.8 Å². The molecule has 0 amide bonds. The third-order valence-electron chi connectivity index (χ3n) is 2.73. The molecule has 100 valence electrons. The molecule has 3 nitrogen and oxygen atoms in total. The SMILES string of the molecule is CN(C)CCCN(C)c1ccc(Cl)cc1C(N)=S. The molecule has 0 saturated heterocycles. The topological polar surface area (TPSA) is 32.5 Å². The lowest BCUT2D eigenvalue weighted by atomic mass is 10.1. The Morgan fingerprint density at radius 3 is 2.50 bits per heavy atom. The fraction of sp³-hybridized carbons (Fsp3) is 0.462. The van der Waals surface area contributed by atoms with Crippen LogP contribution in [0.5, 0.6) is 0 Å². The summed E-state index contributed by atoms with van der Waals surface area (Å²) >= 11 is 11.0. The molecule has 1 aromatic rings. The minimum atomic E-state index is 0.381. The molecule has 0 aliphatic heterocycles. The van der Waals surface area contributed by atoms with E-state index in [1.807, 2.05) is 25.2 Å². The van der Waals surface area contributed by atoms with Gasteiger partial charge in [0.05, 0.1) is 0 Å². The van der Waals surface area contributed by atoms with Gasteiger partial charge in [-0.25, -0.2) is 0 Å². The number of thiocarbonyl (C=S) groups is 1. The molecular formula is C13H20ClN3S. The van der Waals surface area contributed by atoms with E-state index in [2.05, 4.69) is 23.9 Å². The Hall–Kier alpha value is -0.840. The van der Waals surface area contributed by atoms with Gasteiger partial charge in [-0.2, -0.15) is 0 Å². The first-order chi connectivity index (χ1) is 8.41. The van der Waals surface area contributed by atoms with Crippen molar-refractivity contribution in [3.8, 4) is 0 Å². The third-order valence-corrected chi connectivity index (χ3v) is 3.19. The molecule has 0 aliphatic rings. The fourth-order valence-electron chi connectivity index (χ4n) is 1.78. The number of benzene rings is 1. The Morgan fingerprint density at radius 2 is 1.94 bits per heavy atom. The van der Waals surface area contributed by atoms with Gasteiger partial charge in [0.2, 0.25) is 0 Å². The van der Waals surface area contributed by atoms with Crippen LogP contribution in [0.2, 0.25) is 5.02 Å². The van der Waals surface area contributed by atoms with Gasteiger partial charge in [0.15, 0.2) is 0 Å². The molecule has 0 radical (unpaired) electrons. The predicted octanol–water partition coefficient (Wildman–Crippen LogP) is 2.36. The second-order valence-corrected chi connectivity index (χ2v) is 5.48. The Bertz CT molecular complexity index is 421. The minimum absolute atomic E-state index is 0.381. The molecule has 0 aromatic heterocycles. The fourth-order valence-corrected chi connectivity index (χ4v) is 2.12. The maximum absolute atomic E-state index is 5.97. The Morgan fingerprint density at radius 1 is 1.28 bits per heavy atom. The molecule has 1 aromatic carbocycles. The van der Waals surface area contributed by atoms with Crippen LogP contribution in [0.4, 0.5) is 5.69 Å². The largest absolute Gasteiger partial charge is 0.389 e. The lowest BCUT2D eigenvalue weighted by Gasteiger charge is -2.23. The summed E-state index contributed by atoms with van der Waals surface area (Å²) in [5.74, 6) is 0. The van der Waals surface area contributed by atoms with Crippen LogP contribution in [0, 0.1) is 0 Å². The molecule has 2 N–H and O–H groups in total. The molecule has 0 atom stereocenters. The van der Waals surface area contributed by atoms with E-state index in [0.29, 0.717) is 10.0 Å². The standard InChI is InChI=1S/C13H20ClN3S/c1-16(2)7-4-8-17(3)12-6-5-10(14)9-11(12)13(15)18/h5-6,9H,4,7-8H2,1-3H3,(H2,15,18). The van der Waals surface area contributed by atoms with Crippen molar-refractivity contribution < 1.29 is 0 Å². The highest BCUT2D eigenvalue weighted by molar-refractivity contribution is 7.80. The van der Waals surface area contributed by atoms with Gasteiger partial charge in [0.1, 0.15) is 4.99 Å². The molecule has 0 bridgehead atoms. The highest BCUT2D eigenvalue weighted by Crippen LogP contribution is 2.23. The van der Waals surface area contributed by atoms with E-state index in [9.17, 15) is 0 Å². The van der Waals surface area contributed by atoms with Gasteiger partial charge in [-0.3, -0.25) is 0 Å². The highest BCUT2D eigenvalue weighted by Gasteiger charge is 2.10. The van der Waals surface area contributed by atoms with E-state index in [1.54, 1.807) is 0 Å². The third kappa shape index (κ3) is 4.44. The maximum Gasteiger partial charge on any atom is 0.106 e. The van der Waals surface area contributed by atoms with Crippen LogP contribution in [0.15, 0.2) is 18.2 Å². The van der Waals surface area contributed by atoms with Crippen molar-refractivity contribution in [2.75, 3.05) is 39.1 Å². The van der Waals surface area contributed by atoms with Crippen molar-refractivity contribution in [1.82, 2.24) is 4.90 Å². The van der Waals surface area contributed by atoms with Gasteiger partial charge in [0.25, 0.3) is 0 Å². The molecule has 0 saturated carbocycles. The second-order valence-electron chi connectivity index (χ2n) is 4.60. The molecule has 1 rings (SSSR count). The minimum Gasteiger partial charge on any atom is -0.389 e. The van der Waals surface area contributed by atoms with E-state index in [1.165, 1.54) is 0 Å². The number of anilines is 1. The number of halogens is 1. The van der Waals surface area contributed by atoms with Gasteiger partial charge >= 0.3 is 0 Å². The van der Waals surface area contributed by atoms with Crippen molar-refractivity contribution in [2.45, 2.75) is 6.42 Å². The monoisotopic (exact) mass is 285 g/mol.